The second-order valence-electron chi connectivity index (χ2n) is 5.67. The number of H-pyrrole nitrogens is 1. The number of carboxylic acid groups (broad SMARTS) is 1. The van der Waals surface area contributed by atoms with E-state index in [0.717, 1.165) is 22.5 Å². The van der Waals surface area contributed by atoms with Gasteiger partial charge in [-0.1, -0.05) is 0 Å². The van der Waals surface area contributed by atoms with Gasteiger partial charge in [-0.05, 0) is 18.2 Å². The lowest BCUT2D eigenvalue weighted by Gasteiger charge is -2.28. The molecule has 2 aliphatic rings. The summed E-state index contributed by atoms with van der Waals surface area (Å²) >= 11 is 1.80. The number of thioether (sulfide) groups is 1. The summed E-state index contributed by atoms with van der Waals surface area (Å²) in [5.74, 6) is 0.0703. The number of ketones is 1. The molecule has 2 aromatic heterocycles. The number of ether oxygens (including phenoxy) is 1. The fourth-order valence-corrected chi connectivity index (χ4v) is 3.84. The first kappa shape index (κ1) is 15.8. The fraction of sp³-hybridized carbons (Fsp3) is 0.235. The van der Waals surface area contributed by atoms with Crippen molar-refractivity contribution in [3.63, 3.8) is 0 Å². The smallest absolute Gasteiger partial charge is 0.345 e. The number of nitrogens with one attached hydrogen (secondary N) is 1. The summed E-state index contributed by atoms with van der Waals surface area (Å²) in [5, 5.41) is 10.3. The summed E-state index contributed by atoms with van der Waals surface area (Å²) < 4.78 is 5.70. The zero-order chi connectivity index (χ0) is 17.4. The van der Waals surface area contributed by atoms with E-state index in [1.165, 1.54) is 0 Å². The molecule has 7 nitrogen and oxygen atoms in total. The predicted octanol–water partition coefficient (Wildman–Crippen LogP) is 1.85. The molecule has 0 amide bonds. The highest BCUT2D eigenvalue weighted by molar-refractivity contribution is 7.99. The lowest BCUT2D eigenvalue weighted by Crippen LogP contribution is -2.33. The highest BCUT2D eigenvalue weighted by Gasteiger charge is 2.38. The first-order valence-electron chi connectivity index (χ1n) is 7.82. The molecule has 4 heterocycles. The van der Waals surface area contributed by atoms with Gasteiger partial charge in [0.1, 0.15) is 5.65 Å². The van der Waals surface area contributed by atoms with Gasteiger partial charge in [-0.25, -0.2) is 9.78 Å². The van der Waals surface area contributed by atoms with Gasteiger partial charge in [-0.3, -0.25) is 4.79 Å². The van der Waals surface area contributed by atoms with Crippen LogP contribution in [-0.2, 0) is 14.3 Å². The quantitative estimate of drug-likeness (QED) is 0.639. The molecule has 0 radical (unpaired) electrons. The maximum atomic E-state index is 12.6. The minimum absolute atomic E-state index is 0.0235. The fourth-order valence-electron chi connectivity index (χ4n) is 2.93. The third-order valence-corrected chi connectivity index (χ3v) is 5.10. The summed E-state index contributed by atoms with van der Waals surface area (Å²) in [7, 11) is 0. The second kappa shape index (κ2) is 6.29. The van der Waals surface area contributed by atoms with Crippen LogP contribution in [0.25, 0.3) is 17.1 Å². The minimum Gasteiger partial charge on any atom is -0.477 e. The van der Waals surface area contributed by atoms with Crippen molar-refractivity contribution in [1.29, 1.82) is 0 Å². The number of hydrogen-bond donors (Lipinski definition) is 2. The van der Waals surface area contributed by atoms with Crippen LogP contribution in [0.5, 0.6) is 0 Å². The van der Waals surface area contributed by atoms with Crippen LogP contribution < -0.4 is 0 Å². The molecule has 128 valence electrons. The van der Waals surface area contributed by atoms with Crippen LogP contribution in [0.4, 0.5) is 0 Å². The molecular weight excluding hydrogens is 342 g/mol. The van der Waals surface area contributed by atoms with E-state index in [1.807, 2.05) is 11.0 Å². The molecule has 0 aliphatic carbocycles. The molecule has 0 atom stereocenters. The van der Waals surface area contributed by atoms with Crippen molar-refractivity contribution in [3.05, 3.63) is 47.3 Å². The average molecular weight is 357 g/mol. The Labute approximate surface area is 147 Å². The van der Waals surface area contributed by atoms with Crippen molar-refractivity contribution in [3.8, 4) is 0 Å². The topological polar surface area (TPSA) is 95.5 Å². The number of aromatic nitrogens is 2. The Morgan fingerprint density at radius 2 is 2.20 bits per heavy atom. The van der Waals surface area contributed by atoms with Crippen LogP contribution >= 0.6 is 11.8 Å². The summed E-state index contributed by atoms with van der Waals surface area (Å²) in [6.07, 6.45) is 4.96. The predicted molar refractivity (Wildman–Crippen MR) is 93.7 cm³/mol. The Kier molecular flexibility index (Phi) is 3.96. The first-order valence-corrected chi connectivity index (χ1v) is 8.97. The number of nitrogens with zero attached hydrogens (tertiary/aromatic N) is 2. The molecule has 0 spiro atoms. The van der Waals surface area contributed by atoms with Crippen molar-refractivity contribution < 1.29 is 19.4 Å². The van der Waals surface area contributed by atoms with Gasteiger partial charge in [0, 0.05) is 47.9 Å². The summed E-state index contributed by atoms with van der Waals surface area (Å²) in [5.41, 5.74) is 1.13. The molecule has 1 saturated heterocycles. The van der Waals surface area contributed by atoms with Gasteiger partial charge < -0.3 is 19.7 Å². The van der Waals surface area contributed by atoms with Crippen LogP contribution in [0.3, 0.4) is 0 Å². The molecule has 0 aromatic carbocycles. The van der Waals surface area contributed by atoms with Crippen molar-refractivity contribution in [2.45, 2.75) is 0 Å². The van der Waals surface area contributed by atoms with Crippen LogP contribution in [-0.4, -0.2) is 56.3 Å². The molecule has 8 heteroatoms. The van der Waals surface area contributed by atoms with Gasteiger partial charge in [0.25, 0.3) is 0 Å². The Hall–Kier alpha value is -2.74. The molecule has 2 aromatic rings. The second-order valence-corrected chi connectivity index (χ2v) is 6.89. The average Bonchev–Trinajstić information content (AvgIpc) is 3.18. The largest absolute Gasteiger partial charge is 0.477 e. The maximum Gasteiger partial charge on any atom is 0.345 e. The van der Waals surface area contributed by atoms with Crippen molar-refractivity contribution >= 4 is 40.6 Å². The zero-order valence-corrected chi connectivity index (χ0v) is 14.0. The third-order valence-electron chi connectivity index (χ3n) is 4.15. The summed E-state index contributed by atoms with van der Waals surface area (Å²) in [6.45, 7) is 1.32. The number of pyridine rings is 1. The number of carboxylic acids is 1. The van der Waals surface area contributed by atoms with E-state index >= 15 is 0 Å². The van der Waals surface area contributed by atoms with Crippen molar-refractivity contribution in [1.82, 2.24) is 14.9 Å². The maximum absolute atomic E-state index is 12.6. The minimum atomic E-state index is -1.26. The number of allylic oxidation sites excluding steroid dienone is 1. The van der Waals surface area contributed by atoms with Gasteiger partial charge in [-0.2, -0.15) is 11.8 Å². The highest BCUT2D eigenvalue weighted by atomic mass is 32.2. The summed E-state index contributed by atoms with van der Waals surface area (Å²) in [6, 6.07) is 3.67. The summed E-state index contributed by atoms with van der Waals surface area (Å²) in [4.78, 5) is 33.2. The molecule has 0 bridgehead atoms. The van der Waals surface area contributed by atoms with Gasteiger partial charge in [0.15, 0.2) is 11.3 Å². The zero-order valence-electron chi connectivity index (χ0n) is 13.2. The number of aliphatic carboxylic acids is 1. The van der Waals surface area contributed by atoms with E-state index in [-0.39, 0.29) is 17.2 Å². The van der Waals surface area contributed by atoms with E-state index in [0.29, 0.717) is 18.7 Å². The lowest BCUT2D eigenvalue weighted by molar-refractivity contribution is -0.134. The van der Waals surface area contributed by atoms with E-state index in [1.54, 1.807) is 36.3 Å². The lowest BCUT2D eigenvalue weighted by atomic mass is 10.1. The Balaban J connectivity index is 1.71. The van der Waals surface area contributed by atoms with E-state index in [9.17, 15) is 14.7 Å². The number of aromatic amines is 1. The molecule has 4 rings (SSSR count). The molecule has 25 heavy (non-hydrogen) atoms. The molecule has 2 aliphatic heterocycles. The van der Waals surface area contributed by atoms with Gasteiger partial charge in [-0.15, -0.1) is 0 Å². The van der Waals surface area contributed by atoms with Crippen LogP contribution in [0.15, 0.2) is 41.7 Å². The number of carbonyl (C=O) groups excluding carboxylic acids is 1. The number of Topliss-reactive ketones (excluding diaryl/α,β-unsaturated/α-hetero) is 1. The molecule has 0 saturated carbocycles. The number of fused-ring (bicyclic) bond motifs is 1. The third kappa shape index (κ3) is 2.78. The Morgan fingerprint density at radius 1 is 1.40 bits per heavy atom. The van der Waals surface area contributed by atoms with Gasteiger partial charge >= 0.3 is 5.97 Å². The van der Waals surface area contributed by atoms with E-state index in [2.05, 4.69) is 9.97 Å². The van der Waals surface area contributed by atoms with Crippen LogP contribution in [0.1, 0.15) is 5.56 Å². The highest BCUT2D eigenvalue weighted by Crippen LogP contribution is 2.31. The van der Waals surface area contributed by atoms with Crippen molar-refractivity contribution in [2.24, 2.45) is 0 Å². The number of carbonyl (C=O) groups is 2. The Morgan fingerprint density at radius 3 is 2.96 bits per heavy atom. The Bertz CT molecular complexity index is 925. The number of rotatable bonds is 3. The molecule has 0 unspecified atom stereocenters. The number of hydrogen-bond acceptors (Lipinski definition) is 6. The molecule has 1 fully saturated rings. The van der Waals surface area contributed by atoms with E-state index < -0.39 is 11.8 Å². The molecule has 2 N–H and O–H groups in total. The SMILES string of the molecule is O=C(O)C1=C(N2CCSCC2)O/C(=C\c2c[nH]c3ncccc23)C1=O. The standard InChI is InChI=1S/C17H15N3O4S/c21-14-12(8-10-9-19-15-11(10)2-1-3-18-15)24-16(13(14)17(22)23)20-4-6-25-7-5-20/h1-3,8-9H,4-7H2,(H,18,19)(H,22,23)/b12-8-. The van der Waals surface area contributed by atoms with Crippen LogP contribution in [0, 0.1) is 0 Å². The molecular formula is C17H15N3O4S. The van der Waals surface area contributed by atoms with Crippen LogP contribution in [0.2, 0.25) is 0 Å². The normalized spacial score (nSPS) is 19.8. The first-order chi connectivity index (χ1) is 12.1. The van der Waals surface area contributed by atoms with Gasteiger partial charge in [0.2, 0.25) is 11.7 Å². The van der Waals surface area contributed by atoms with E-state index in [4.69, 9.17) is 4.74 Å². The van der Waals surface area contributed by atoms with Gasteiger partial charge in [0.05, 0.1) is 0 Å². The monoisotopic (exact) mass is 357 g/mol. The van der Waals surface area contributed by atoms with Crippen molar-refractivity contribution in [2.75, 3.05) is 24.6 Å².